The summed E-state index contributed by atoms with van der Waals surface area (Å²) < 4.78 is 5.67. The first-order valence-corrected chi connectivity index (χ1v) is 11.3. The lowest BCUT2D eigenvalue weighted by Crippen LogP contribution is -2.45. The highest BCUT2D eigenvalue weighted by atomic mass is 16.5. The number of hydrogen-bond acceptors (Lipinski definition) is 5. The summed E-state index contributed by atoms with van der Waals surface area (Å²) in [6.07, 6.45) is 11.1. The van der Waals surface area contributed by atoms with Gasteiger partial charge < -0.3 is 15.0 Å². The predicted octanol–water partition coefficient (Wildman–Crippen LogP) is 3.94. The number of anilines is 1. The van der Waals surface area contributed by atoms with E-state index in [1.54, 1.807) is 0 Å². The fraction of sp³-hybridized carbons (Fsp3) is 0.500. The van der Waals surface area contributed by atoms with Crippen LogP contribution in [0.15, 0.2) is 54.7 Å². The third-order valence-electron chi connectivity index (χ3n) is 5.62. The highest BCUT2D eigenvalue weighted by Crippen LogP contribution is 2.21. The second kappa shape index (κ2) is 12.3. The Morgan fingerprint density at radius 3 is 3.06 bits per heavy atom. The van der Waals surface area contributed by atoms with Gasteiger partial charge in [0.15, 0.2) is 0 Å². The van der Waals surface area contributed by atoms with Gasteiger partial charge in [-0.2, -0.15) is 5.10 Å². The van der Waals surface area contributed by atoms with Crippen LogP contribution in [-0.4, -0.2) is 66.0 Å². The monoisotopic (exact) mass is 424 g/mol. The summed E-state index contributed by atoms with van der Waals surface area (Å²) in [5.41, 5.74) is 2.22. The molecule has 2 atom stereocenters. The van der Waals surface area contributed by atoms with Crippen LogP contribution < -0.4 is 10.6 Å². The number of aromatic amines is 1. The van der Waals surface area contributed by atoms with Gasteiger partial charge in [0.25, 0.3) is 0 Å². The third kappa shape index (κ3) is 6.67. The van der Waals surface area contributed by atoms with Crippen molar-refractivity contribution in [3.8, 4) is 0 Å². The molecule has 2 unspecified atom stereocenters. The number of rotatable bonds is 7. The highest BCUT2D eigenvalue weighted by molar-refractivity contribution is 5.93. The number of benzene rings is 1. The number of hydrogen-bond donors (Lipinski definition) is 3. The van der Waals surface area contributed by atoms with Crippen molar-refractivity contribution in [3.63, 3.8) is 0 Å². The number of amidine groups is 1. The first kappa shape index (κ1) is 23.0. The average molecular weight is 425 g/mol. The second-order valence-electron chi connectivity index (χ2n) is 7.87. The zero-order chi connectivity index (χ0) is 21.9. The van der Waals surface area contributed by atoms with Crippen molar-refractivity contribution in [3.05, 3.63) is 49.7 Å². The maximum atomic E-state index is 5.67. The van der Waals surface area contributed by atoms with Gasteiger partial charge in [0.05, 0.1) is 24.5 Å². The number of likely N-dealkylation sites (tertiary alicyclic amines) is 1. The van der Waals surface area contributed by atoms with E-state index in [0.29, 0.717) is 18.8 Å². The van der Waals surface area contributed by atoms with Crippen molar-refractivity contribution in [1.29, 1.82) is 0 Å². The number of aliphatic imine (C=N–C) groups is 1. The number of fused-ring (bicyclic) bond motifs is 1. The first-order valence-electron chi connectivity index (χ1n) is 11.3. The highest BCUT2D eigenvalue weighted by Gasteiger charge is 2.21. The van der Waals surface area contributed by atoms with Gasteiger partial charge in [-0.1, -0.05) is 6.08 Å². The SMILES string of the molecule is C/C=C\C(=N/CNCC1CCCO1)N1CCCC(Nc2ccc3[nH]ncc3c2)C1.C=C. The summed E-state index contributed by atoms with van der Waals surface area (Å²) >= 11 is 0. The van der Waals surface area contributed by atoms with Crippen molar-refractivity contribution in [2.75, 3.05) is 38.2 Å². The molecule has 168 valence electrons. The van der Waals surface area contributed by atoms with E-state index in [1.165, 1.54) is 12.8 Å². The number of aromatic nitrogens is 2. The van der Waals surface area contributed by atoms with E-state index in [-0.39, 0.29) is 0 Å². The molecule has 2 aliphatic heterocycles. The Labute approximate surface area is 185 Å². The molecule has 0 aliphatic carbocycles. The molecule has 0 bridgehead atoms. The normalized spacial score (nSPS) is 22.0. The lowest BCUT2D eigenvalue weighted by atomic mass is 10.0. The molecule has 1 aromatic heterocycles. The molecule has 1 aromatic carbocycles. The summed E-state index contributed by atoms with van der Waals surface area (Å²) in [6.45, 7) is 12.5. The van der Waals surface area contributed by atoms with Gasteiger partial charge in [0, 0.05) is 43.4 Å². The van der Waals surface area contributed by atoms with Crippen molar-refractivity contribution < 1.29 is 4.74 Å². The molecule has 7 heteroatoms. The van der Waals surface area contributed by atoms with Crippen LogP contribution in [0.25, 0.3) is 10.9 Å². The molecular weight excluding hydrogens is 388 g/mol. The van der Waals surface area contributed by atoms with Gasteiger partial charge >= 0.3 is 0 Å². The van der Waals surface area contributed by atoms with Gasteiger partial charge in [-0.05, 0) is 56.9 Å². The van der Waals surface area contributed by atoms with Crippen LogP contribution >= 0.6 is 0 Å². The van der Waals surface area contributed by atoms with Crippen molar-refractivity contribution in [1.82, 2.24) is 20.4 Å². The van der Waals surface area contributed by atoms with E-state index >= 15 is 0 Å². The van der Waals surface area contributed by atoms with E-state index in [2.05, 4.69) is 76.2 Å². The number of H-pyrrole nitrogens is 1. The molecule has 2 saturated heterocycles. The van der Waals surface area contributed by atoms with Crippen LogP contribution in [-0.2, 0) is 4.74 Å². The maximum Gasteiger partial charge on any atom is 0.124 e. The molecule has 4 rings (SSSR count). The number of nitrogens with one attached hydrogen (secondary N) is 3. The minimum Gasteiger partial charge on any atom is -0.381 e. The molecule has 31 heavy (non-hydrogen) atoms. The topological polar surface area (TPSA) is 77.6 Å². The van der Waals surface area contributed by atoms with Gasteiger partial charge in [0.1, 0.15) is 5.84 Å². The Kier molecular flexibility index (Phi) is 9.12. The molecule has 0 spiro atoms. The third-order valence-corrected chi connectivity index (χ3v) is 5.62. The lowest BCUT2D eigenvalue weighted by Gasteiger charge is -2.35. The van der Waals surface area contributed by atoms with Crippen molar-refractivity contribution in [2.45, 2.75) is 44.8 Å². The Bertz CT molecular complexity index is 855. The molecule has 0 saturated carbocycles. The minimum absolute atomic E-state index is 0.353. The van der Waals surface area contributed by atoms with Gasteiger partial charge in [-0.25, -0.2) is 0 Å². The van der Waals surface area contributed by atoms with Crippen molar-refractivity contribution >= 4 is 22.4 Å². The van der Waals surface area contributed by atoms with E-state index in [4.69, 9.17) is 9.73 Å². The Morgan fingerprint density at radius 1 is 1.35 bits per heavy atom. The van der Waals surface area contributed by atoms with E-state index in [0.717, 1.165) is 61.5 Å². The average Bonchev–Trinajstić information content (AvgIpc) is 3.49. The van der Waals surface area contributed by atoms with Crippen LogP contribution in [0.5, 0.6) is 0 Å². The molecule has 0 amide bonds. The largest absolute Gasteiger partial charge is 0.381 e. The standard InChI is InChI=1S/C22H32N6O.C2H4/c1-2-5-22(24-16-23-14-20-7-4-11-29-20)28-10-3-6-19(15-28)26-18-8-9-21-17(12-18)13-25-27-21;1-2/h2,5,8-9,12-13,19-20,23,26H,3-4,6-7,10-11,14-16H2,1H3,(H,25,27);1-2H2/b5-2-,24-22+;. The molecular formula is C24H36N6O. The Hall–Kier alpha value is -2.64. The van der Waals surface area contributed by atoms with Gasteiger partial charge in [0.2, 0.25) is 0 Å². The molecule has 2 aromatic rings. The maximum absolute atomic E-state index is 5.67. The number of ether oxygens (including phenoxy) is 1. The zero-order valence-corrected chi connectivity index (χ0v) is 18.6. The summed E-state index contributed by atoms with van der Waals surface area (Å²) in [4.78, 5) is 7.22. The van der Waals surface area contributed by atoms with Crippen LogP contribution in [0.3, 0.4) is 0 Å². The van der Waals surface area contributed by atoms with E-state index < -0.39 is 0 Å². The predicted molar refractivity (Wildman–Crippen MR) is 130 cm³/mol. The van der Waals surface area contributed by atoms with E-state index in [9.17, 15) is 0 Å². The molecule has 3 heterocycles. The van der Waals surface area contributed by atoms with Crippen molar-refractivity contribution in [2.24, 2.45) is 4.99 Å². The fourth-order valence-corrected chi connectivity index (χ4v) is 4.15. The van der Waals surface area contributed by atoms with Crippen LogP contribution in [0.2, 0.25) is 0 Å². The first-order chi connectivity index (χ1) is 15.3. The number of nitrogens with zero attached hydrogens (tertiary/aromatic N) is 3. The Balaban J connectivity index is 0.00000132. The number of piperidine rings is 1. The molecule has 7 nitrogen and oxygen atoms in total. The zero-order valence-electron chi connectivity index (χ0n) is 18.6. The molecule has 0 radical (unpaired) electrons. The molecule has 3 N–H and O–H groups in total. The molecule has 2 fully saturated rings. The fourth-order valence-electron chi connectivity index (χ4n) is 4.15. The summed E-state index contributed by atoms with van der Waals surface area (Å²) in [7, 11) is 0. The van der Waals surface area contributed by atoms with Gasteiger partial charge in [-0.15, -0.1) is 13.2 Å². The molecule has 2 aliphatic rings. The number of allylic oxidation sites excluding steroid dienone is 1. The minimum atomic E-state index is 0.353. The van der Waals surface area contributed by atoms with Crippen LogP contribution in [0, 0.1) is 0 Å². The van der Waals surface area contributed by atoms with Gasteiger partial charge in [-0.3, -0.25) is 15.4 Å². The lowest BCUT2D eigenvalue weighted by molar-refractivity contribution is 0.110. The summed E-state index contributed by atoms with van der Waals surface area (Å²) in [5, 5.41) is 15.4. The second-order valence-corrected chi connectivity index (χ2v) is 7.87. The van der Waals surface area contributed by atoms with Crippen LogP contribution in [0.4, 0.5) is 5.69 Å². The summed E-state index contributed by atoms with van der Waals surface area (Å²) in [6, 6.07) is 6.77. The van der Waals surface area contributed by atoms with E-state index in [1.807, 2.05) is 6.20 Å². The smallest absolute Gasteiger partial charge is 0.124 e. The summed E-state index contributed by atoms with van der Waals surface area (Å²) in [5.74, 6) is 1.06. The quantitative estimate of drug-likeness (QED) is 0.272. The van der Waals surface area contributed by atoms with Crippen LogP contribution in [0.1, 0.15) is 32.6 Å². The Morgan fingerprint density at radius 2 is 2.26 bits per heavy atom.